The first kappa shape index (κ1) is 17.5. The fourth-order valence-corrected chi connectivity index (χ4v) is 2.66. The second-order valence-electron chi connectivity index (χ2n) is 5.68. The fourth-order valence-electron chi connectivity index (χ4n) is 2.66. The molecule has 2 aromatic carbocycles. The summed E-state index contributed by atoms with van der Waals surface area (Å²) in [5.74, 6) is 0.913. The topological polar surface area (TPSA) is 114 Å². The number of hydrogen-bond donors (Lipinski definition) is 1. The van der Waals surface area contributed by atoms with E-state index in [1.807, 2.05) is 0 Å². The molecule has 2 aromatic heterocycles. The lowest BCUT2D eigenvalue weighted by Gasteiger charge is -2.09. The Hall–Kier alpha value is -3.95. The van der Waals surface area contributed by atoms with Gasteiger partial charge in [0, 0.05) is 6.07 Å². The lowest BCUT2D eigenvalue weighted by Crippen LogP contribution is -2.03. The van der Waals surface area contributed by atoms with Crippen LogP contribution >= 0.6 is 0 Å². The third-order valence-corrected chi connectivity index (χ3v) is 4.06. The highest BCUT2D eigenvalue weighted by Gasteiger charge is 2.21. The van der Waals surface area contributed by atoms with Crippen LogP contribution in [0.1, 0.15) is 0 Å². The van der Waals surface area contributed by atoms with Gasteiger partial charge in [-0.15, -0.1) is 5.10 Å². The van der Waals surface area contributed by atoms with Crippen molar-refractivity contribution in [3.05, 3.63) is 48.3 Å². The number of anilines is 1. The molecule has 0 radical (unpaired) electrons. The molecule has 9 nitrogen and oxygen atoms in total. The first-order valence-electron chi connectivity index (χ1n) is 8.15. The molecule has 2 heterocycles. The van der Waals surface area contributed by atoms with Crippen molar-refractivity contribution < 1.29 is 18.4 Å². The Morgan fingerprint density at radius 1 is 1.07 bits per heavy atom. The summed E-state index contributed by atoms with van der Waals surface area (Å²) in [4.78, 5) is 4.18. The first-order valence-corrected chi connectivity index (χ1v) is 8.15. The molecule has 0 aliphatic heterocycles. The van der Waals surface area contributed by atoms with Crippen LogP contribution in [0.2, 0.25) is 0 Å². The second kappa shape index (κ2) is 6.99. The van der Waals surface area contributed by atoms with E-state index >= 15 is 0 Å². The van der Waals surface area contributed by atoms with Crippen LogP contribution < -0.4 is 15.2 Å². The zero-order valence-electron chi connectivity index (χ0n) is 15.0. The van der Waals surface area contributed by atoms with E-state index in [4.69, 9.17) is 19.7 Å². The van der Waals surface area contributed by atoms with Crippen molar-refractivity contribution in [2.24, 2.45) is 0 Å². The maximum Gasteiger partial charge on any atom is 0.282 e. The summed E-state index contributed by atoms with van der Waals surface area (Å²) in [7, 11) is 3.07. The van der Waals surface area contributed by atoms with Gasteiger partial charge in [0.15, 0.2) is 23.0 Å². The fraction of sp³-hybridized carbons (Fsp3) is 0.111. The molecule has 0 amide bonds. The maximum atomic E-state index is 13.9. The van der Waals surface area contributed by atoms with Gasteiger partial charge in [0.05, 0.1) is 25.5 Å². The predicted molar refractivity (Wildman–Crippen MR) is 97.6 cm³/mol. The number of ether oxygens (including phenoxy) is 2. The molecule has 0 atom stereocenters. The summed E-state index contributed by atoms with van der Waals surface area (Å²) in [5.41, 5.74) is 7.17. The van der Waals surface area contributed by atoms with Gasteiger partial charge in [-0.2, -0.15) is 9.67 Å². The average Bonchev–Trinajstić information content (AvgIpc) is 3.34. The summed E-state index contributed by atoms with van der Waals surface area (Å²) < 4.78 is 31.0. The molecule has 142 valence electrons. The summed E-state index contributed by atoms with van der Waals surface area (Å²) in [6.45, 7) is 0. The van der Waals surface area contributed by atoms with Crippen LogP contribution in [0.15, 0.2) is 47.0 Å². The van der Waals surface area contributed by atoms with Gasteiger partial charge in [-0.25, -0.2) is 4.39 Å². The molecule has 2 N–H and O–H groups in total. The van der Waals surface area contributed by atoms with Crippen LogP contribution in [-0.4, -0.2) is 39.4 Å². The number of hydrogen-bond acceptors (Lipinski definition) is 8. The molecule has 4 rings (SSSR count). The van der Waals surface area contributed by atoms with Gasteiger partial charge in [-0.05, 0) is 24.3 Å². The zero-order valence-corrected chi connectivity index (χ0v) is 15.0. The summed E-state index contributed by atoms with van der Waals surface area (Å²) in [6, 6.07) is 11.3. The molecule has 4 aromatic rings. The Morgan fingerprint density at radius 3 is 2.61 bits per heavy atom. The van der Waals surface area contributed by atoms with Crippen LogP contribution in [0.4, 0.5) is 10.2 Å². The molecular formula is C18H15FN6O3. The third kappa shape index (κ3) is 2.90. The van der Waals surface area contributed by atoms with Crippen molar-refractivity contribution >= 4 is 5.82 Å². The summed E-state index contributed by atoms with van der Waals surface area (Å²) in [6.07, 6.45) is 0. The number of methoxy groups -OCH3 is 2. The zero-order chi connectivity index (χ0) is 19.7. The predicted octanol–water partition coefficient (Wildman–Crippen LogP) is 2.72. The molecular weight excluding hydrogens is 367 g/mol. The number of nitrogens with two attached hydrogens (primary N) is 1. The third-order valence-electron chi connectivity index (χ3n) is 4.06. The second-order valence-corrected chi connectivity index (χ2v) is 5.68. The van der Waals surface area contributed by atoms with E-state index in [1.165, 1.54) is 17.9 Å². The van der Waals surface area contributed by atoms with Gasteiger partial charge in [0.2, 0.25) is 5.82 Å². The minimum atomic E-state index is -0.461. The monoisotopic (exact) mass is 382 g/mol. The van der Waals surface area contributed by atoms with E-state index in [-0.39, 0.29) is 28.8 Å². The Morgan fingerprint density at radius 2 is 1.86 bits per heavy atom. The number of aromatic nitrogens is 5. The molecule has 0 saturated carbocycles. The first-order chi connectivity index (χ1) is 13.6. The van der Waals surface area contributed by atoms with Crippen molar-refractivity contribution in [3.8, 4) is 40.2 Å². The molecule has 0 saturated heterocycles. The summed E-state index contributed by atoms with van der Waals surface area (Å²) >= 11 is 0. The van der Waals surface area contributed by atoms with Crippen LogP contribution in [0.3, 0.4) is 0 Å². The van der Waals surface area contributed by atoms with Crippen LogP contribution in [0.5, 0.6) is 11.5 Å². The minimum absolute atomic E-state index is 0.0301. The molecule has 0 spiro atoms. The van der Waals surface area contributed by atoms with Gasteiger partial charge in [0.1, 0.15) is 5.82 Å². The van der Waals surface area contributed by atoms with Gasteiger partial charge in [-0.1, -0.05) is 22.5 Å². The summed E-state index contributed by atoms with van der Waals surface area (Å²) in [5, 5.41) is 11.9. The highest BCUT2D eigenvalue weighted by Crippen LogP contribution is 2.31. The van der Waals surface area contributed by atoms with Crippen molar-refractivity contribution in [1.82, 2.24) is 25.1 Å². The van der Waals surface area contributed by atoms with Gasteiger partial charge >= 0.3 is 0 Å². The minimum Gasteiger partial charge on any atom is -0.493 e. The highest BCUT2D eigenvalue weighted by molar-refractivity contribution is 5.66. The van der Waals surface area contributed by atoms with Gasteiger partial charge in [0.25, 0.3) is 5.89 Å². The average molecular weight is 382 g/mol. The lowest BCUT2D eigenvalue weighted by atomic mass is 10.2. The number of nitrogen functional groups attached to an aromatic ring is 1. The SMILES string of the molecule is COc1ccc(-n2nnc(-c3nc(-c4ccccc4F)no3)c2N)cc1OC. The van der Waals surface area contributed by atoms with Gasteiger partial charge in [-0.3, -0.25) is 0 Å². The van der Waals surface area contributed by atoms with Crippen molar-refractivity contribution in [1.29, 1.82) is 0 Å². The molecule has 0 unspecified atom stereocenters. The van der Waals surface area contributed by atoms with E-state index in [1.54, 1.807) is 43.5 Å². The molecule has 0 aliphatic carbocycles. The molecule has 0 aliphatic rings. The molecule has 0 bridgehead atoms. The Balaban J connectivity index is 1.71. The van der Waals surface area contributed by atoms with Crippen molar-refractivity contribution in [3.63, 3.8) is 0 Å². The number of benzene rings is 2. The Labute approximate surface area is 158 Å². The van der Waals surface area contributed by atoms with Gasteiger partial charge < -0.3 is 19.7 Å². The van der Waals surface area contributed by atoms with Crippen LogP contribution in [-0.2, 0) is 0 Å². The smallest absolute Gasteiger partial charge is 0.282 e. The van der Waals surface area contributed by atoms with Crippen LogP contribution in [0.25, 0.3) is 28.7 Å². The number of rotatable bonds is 5. The number of nitrogens with zero attached hydrogens (tertiary/aromatic N) is 5. The highest BCUT2D eigenvalue weighted by atomic mass is 19.1. The van der Waals surface area contributed by atoms with Crippen molar-refractivity contribution in [2.45, 2.75) is 0 Å². The molecule has 10 heteroatoms. The van der Waals surface area contributed by atoms with E-state index in [2.05, 4.69) is 20.5 Å². The maximum absolute atomic E-state index is 13.9. The number of halogens is 1. The van der Waals surface area contributed by atoms with E-state index in [0.29, 0.717) is 17.2 Å². The Kier molecular flexibility index (Phi) is 4.36. The standard InChI is InChI=1S/C18H15FN6O3/c1-26-13-8-7-10(9-14(13)27-2)25-16(20)15(22-24-25)18-21-17(23-28-18)11-5-3-4-6-12(11)19/h3-9H,20H2,1-2H3. The Bertz CT molecular complexity index is 1140. The quantitative estimate of drug-likeness (QED) is 0.560. The molecule has 0 fully saturated rings. The van der Waals surface area contributed by atoms with E-state index in [0.717, 1.165) is 0 Å². The lowest BCUT2D eigenvalue weighted by molar-refractivity contribution is 0.354. The van der Waals surface area contributed by atoms with E-state index < -0.39 is 5.82 Å². The molecule has 28 heavy (non-hydrogen) atoms. The van der Waals surface area contributed by atoms with Crippen molar-refractivity contribution in [2.75, 3.05) is 20.0 Å². The van der Waals surface area contributed by atoms with E-state index in [9.17, 15) is 4.39 Å². The normalized spacial score (nSPS) is 10.8. The van der Waals surface area contributed by atoms with Crippen LogP contribution in [0, 0.1) is 5.82 Å². The largest absolute Gasteiger partial charge is 0.493 e.